The van der Waals surface area contributed by atoms with Crippen LogP contribution < -0.4 is 10.1 Å². The van der Waals surface area contributed by atoms with Crippen LogP contribution in [0.5, 0.6) is 5.75 Å². The molecular formula is C33H38ClN3O. The van der Waals surface area contributed by atoms with Gasteiger partial charge in [0.2, 0.25) is 0 Å². The molecule has 2 fully saturated rings. The van der Waals surface area contributed by atoms with Gasteiger partial charge in [-0.05, 0) is 112 Å². The van der Waals surface area contributed by atoms with Gasteiger partial charge in [-0.1, -0.05) is 48.6 Å². The predicted molar refractivity (Wildman–Crippen MR) is 157 cm³/mol. The van der Waals surface area contributed by atoms with Gasteiger partial charge in [-0.2, -0.15) is 0 Å². The van der Waals surface area contributed by atoms with Crippen molar-refractivity contribution in [3.8, 4) is 28.7 Å². The minimum Gasteiger partial charge on any atom is -0.492 e. The fourth-order valence-corrected chi connectivity index (χ4v) is 5.63. The number of hydrogen-bond donors (Lipinski definition) is 1. The van der Waals surface area contributed by atoms with Crippen LogP contribution in [0.15, 0.2) is 60.8 Å². The molecule has 0 amide bonds. The number of nitrogens with one attached hydrogen (secondary N) is 1. The maximum atomic E-state index is 6.14. The molecule has 5 rings (SSSR count). The first-order valence-electron chi connectivity index (χ1n) is 14.1. The summed E-state index contributed by atoms with van der Waals surface area (Å²) in [5.74, 6) is 8.27. The lowest BCUT2D eigenvalue weighted by Crippen LogP contribution is -2.44. The minimum atomic E-state index is 0.695. The first-order chi connectivity index (χ1) is 18.6. The summed E-state index contributed by atoms with van der Waals surface area (Å²) in [5.41, 5.74) is 4.95. The first-order valence-corrected chi connectivity index (χ1v) is 14.4. The maximum absolute atomic E-state index is 6.14. The second kappa shape index (κ2) is 13.3. The van der Waals surface area contributed by atoms with Gasteiger partial charge in [0.05, 0.1) is 0 Å². The molecule has 0 spiro atoms. The second-order valence-electron chi connectivity index (χ2n) is 10.7. The zero-order valence-electron chi connectivity index (χ0n) is 22.4. The number of hydrogen-bond acceptors (Lipinski definition) is 4. The summed E-state index contributed by atoms with van der Waals surface area (Å²) < 4.78 is 6.14. The van der Waals surface area contributed by atoms with Crippen molar-refractivity contribution in [1.82, 2.24) is 15.2 Å². The molecular weight excluding hydrogens is 490 g/mol. The van der Waals surface area contributed by atoms with Crippen molar-refractivity contribution in [3.05, 3.63) is 82.6 Å². The lowest BCUT2D eigenvalue weighted by molar-refractivity contribution is 0.163. The van der Waals surface area contributed by atoms with E-state index in [0.29, 0.717) is 6.04 Å². The quantitative estimate of drug-likeness (QED) is 0.329. The molecule has 1 aliphatic heterocycles. The van der Waals surface area contributed by atoms with Gasteiger partial charge >= 0.3 is 0 Å². The number of likely N-dealkylation sites (tertiary alicyclic amines) is 1. The van der Waals surface area contributed by atoms with Gasteiger partial charge in [-0.25, -0.2) is 4.98 Å². The predicted octanol–water partition coefficient (Wildman–Crippen LogP) is 6.73. The average Bonchev–Trinajstić information content (AvgIpc) is 3.47. The third-order valence-electron chi connectivity index (χ3n) is 7.87. The molecule has 1 saturated heterocycles. The van der Waals surface area contributed by atoms with Crippen molar-refractivity contribution in [2.75, 3.05) is 32.8 Å². The smallest absolute Gasteiger partial charge is 0.122 e. The Hall–Kier alpha value is -2.84. The largest absolute Gasteiger partial charge is 0.492 e. The second-order valence-corrected chi connectivity index (χ2v) is 11.1. The zero-order chi connectivity index (χ0) is 26.2. The lowest BCUT2D eigenvalue weighted by atomic mass is 10.0. The molecule has 1 saturated carbocycles. The topological polar surface area (TPSA) is 37.4 Å². The highest BCUT2D eigenvalue weighted by atomic mass is 35.5. The van der Waals surface area contributed by atoms with Crippen LogP contribution in [0.3, 0.4) is 0 Å². The first kappa shape index (κ1) is 26.8. The highest BCUT2D eigenvalue weighted by Gasteiger charge is 2.21. The van der Waals surface area contributed by atoms with E-state index in [4.69, 9.17) is 16.3 Å². The third kappa shape index (κ3) is 7.60. The van der Waals surface area contributed by atoms with Crippen LogP contribution in [0.1, 0.15) is 55.3 Å². The number of benzene rings is 2. The monoisotopic (exact) mass is 527 g/mol. The summed E-state index contributed by atoms with van der Waals surface area (Å²) in [7, 11) is 0. The summed E-state index contributed by atoms with van der Waals surface area (Å²) in [5, 5.41) is 4.56. The molecule has 2 aromatic carbocycles. The summed E-state index contributed by atoms with van der Waals surface area (Å²) in [6.07, 6.45) is 10.1. The Morgan fingerprint density at radius 3 is 2.42 bits per heavy atom. The number of aryl methyl sites for hydroxylation is 1. The van der Waals surface area contributed by atoms with E-state index in [1.54, 1.807) is 0 Å². The van der Waals surface area contributed by atoms with Crippen LogP contribution >= 0.6 is 11.6 Å². The molecule has 3 aromatic rings. The maximum Gasteiger partial charge on any atom is 0.122 e. The minimum absolute atomic E-state index is 0.695. The van der Waals surface area contributed by atoms with E-state index in [9.17, 15) is 0 Å². The lowest BCUT2D eigenvalue weighted by Gasteiger charge is -2.33. The molecule has 1 aliphatic carbocycles. The van der Waals surface area contributed by atoms with E-state index in [2.05, 4.69) is 40.0 Å². The van der Waals surface area contributed by atoms with Gasteiger partial charge in [-0.15, -0.1) is 0 Å². The van der Waals surface area contributed by atoms with Crippen LogP contribution in [0.25, 0.3) is 11.1 Å². The molecule has 4 nitrogen and oxygen atoms in total. The van der Waals surface area contributed by atoms with Gasteiger partial charge in [0.1, 0.15) is 18.1 Å². The fraction of sp³-hybridized carbons (Fsp3) is 0.424. The molecule has 0 unspecified atom stereocenters. The number of aromatic nitrogens is 1. The number of ether oxygens (including phenoxy) is 1. The number of pyridine rings is 1. The Kier molecular flexibility index (Phi) is 9.36. The van der Waals surface area contributed by atoms with Crippen LogP contribution in [-0.4, -0.2) is 48.7 Å². The van der Waals surface area contributed by atoms with Gasteiger partial charge in [0.15, 0.2) is 0 Å². The van der Waals surface area contributed by atoms with Crippen LogP contribution in [0.2, 0.25) is 5.02 Å². The summed E-state index contributed by atoms with van der Waals surface area (Å²) in [6.45, 7) is 7.33. The summed E-state index contributed by atoms with van der Waals surface area (Å²) in [6, 6.07) is 18.6. The molecule has 0 radical (unpaired) electrons. The molecule has 5 heteroatoms. The van der Waals surface area contributed by atoms with Crippen LogP contribution in [-0.2, 0) is 0 Å². The van der Waals surface area contributed by atoms with Gasteiger partial charge in [-0.3, -0.25) is 4.90 Å². The van der Waals surface area contributed by atoms with E-state index in [1.165, 1.54) is 45.1 Å². The number of halogens is 1. The summed E-state index contributed by atoms with van der Waals surface area (Å²) >= 11 is 5.99. The normalized spacial score (nSPS) is 16.8. The zero-order valence-corrected chi connectivity index (χ0v) is 23.1. The average molecular weight is 528 g/mol. The van der Waals surface area contributed by atoms with Crippen LogP contribution in [0, 0.1) is 24.7 Å². The van der Waals surface area contributed by atoms with Crippen LogP contribution in [0.4, 0.5) is 0 Å². The fourth-order valence-electron chi connectivity index (χ4n) is 5.50. The Bertz CT molecular complexity index is 1230. The highest BCUT2D eigenvalue weighted by Crippen LogP contribution is 2.25. The Morgan fingerprint density at radius 2 is 1.71 bits per heavy atom. The van der Waals surface area contributed by atoms with Gasteiger partial charge in [0, 0.05) is 34.9 Å². The van der Waals surface area contributed by atoms with Crippen molar-refractivity contribution >= 4 is 11.6 Å². The van der Waals surface area contributed by atoms with Gasteiger partial charge in [0.25, 0.3) is 0 Å². The SMILES string of the molecule is Cc1cc(C#Cc2ccc(-c3ccc(Cl)cc3)cn2)ccc1OCCN1CCC(NCC2CCCC2)CC1. The van der Waals surface area contributed by atoms with E-state index in [0.717, 1.165) is 70.9 Å². The molecule has 198 valence electrons. The van der Waals surface area contributed by atoms with E-state index < -0.39 is 0 Å². The third-order valence-corrected chi connectivity index (χ3v) is 8.13. The van der Waals surface area contributed by atoms with Crippen molar-refractivity contribution in [2.45, 2.75) is 51.5 Å². The molecule has 1 N–H and O–H groups in total. The molecule has 1 aromatic heterocycles. The highest BCUT2D eigenvalue weighted by molar-refractivity contribution is 6.30. The van der Waals surface area contributed by atoms with Crippen molar-refractivity contribution < 1.29 is 4.74 Å². The van der Waals surface area contributed by atoms with Crippen molar-refractivity contribution in [1.29, 1.82) is 0 Å². The molecule has 38 heavy (non-hydrogen) atoms. The number of rotatable bonds is 8. The van der Waals surface area contributed by atoms with E-state index >= 15 is 0 Å². The molecule has 2 aliphatic rings. The number of piperidine rings is 1. The molecule has 2 heterocycles. The molecule has 0 bridgehead atoms. The summed E-state index contributed by atoms with van der Waals surface area (Å²) in [4.78, 5) is 7.05. The number of nitrogens with zero attached hydrogens (tertiary/aromatic N) is 2. The van der Waals surface area contributed by atoms with Crippen molar-refractivity contribution in [3.63, 3.8) is 0 Å². The Morgan fingerprint density at radius 1 is 0.947 bits per heavy atom. The van der Waals surface area contributed by atoms with Crippen molar-refractivity contribution in [2.24, 2.45) is 5.92 Å². The van der Waals surface area contributed by atoms with E-state index in [1.807, 2.05) is 54.7 Å². The Balaban J connectivity index is 1.05. The molecule has 0 atom stereocenters. The Labute approximate surface area is 232 Å². The van der Waals surface area contributed by atoms with Gasteiger partial charge < -0.3 is 10.1 Å². The van der Waals surface area contributed by atoms with E-state index in [-0.39, 0.29) is 0 Å². The standard InChI is InChI=1S/C33H38ClN3O/c1-25-22-26(6-13-31-14-10-29(24-36-31)28-8-11-30(34)12-9-28)7-15-33(25)38-21-20-37-18-16-32(17-19-37)35-23-27-4-2-3-5-27/h7-12,14-15,22,24,27,32,35H,2-5,16-21,23H2,1H3.